The first kappa shape index (κ1) is 23.5. The van der Waals surface area contributed by atoms with Gasteiger partial charge < -0.3 is 19.6 Å². The van der Waals surface area contributed by atoms with Crippen LogP contribution in [-0.4, -0.2) is 59.9 Å². The maximum atomic E-state index is 13.1. The second-order valence-corrected chi connectivity index (χ2v) is 8.01. The van der Waals surface area contributed by atoms with Crippen LogP contribution in [-0.2, 0) is 9.59 Å². The molecule has 1 amide bonds. The highest BCUT2D eigenvalue weighted by Gasteiger charge is 2.45. The van der Waals surface area contributed by atoms with Gasteiger partial charge >= 0.3 is 0 Å². The third-order valence-electron chi connectivity index (χ3n) is 6.06. The summed E-state index contributed by atoms with van der Waals surface area (Å²) in [7, 11) is 1.57. The fourth-order valence-corrected chi connectivity index (χ4v) is 4.11. The number of Topliss-reactive ketones (excluding diaryl/α,β-unsaturated/α-hetero) is 1. The van der Waals surface area contributed by atoms with Gasteiger partial charge in [-0.2, -0.15) is 0 Å². The number of aliphatic hydroxyl groups excluding tert-OH is 1. The summed E-state index contributed by atoms with van der Waals surface area (Å²) >= 11 is 0. The number of carbonyl (C=O) groups is 2. The van der Waals surface area contributed by atoms with Gasteiger partial charge in [0.1, 0.15) is 11.5 Å². The molecule has 1 heterocycles. The van der Waals surface area contributed by atoms with E-state index in [-0.39, 0.29) is 11.3 Å². The lowest BCUT2D eigenvalue weighted by molar-refractivity contribution is -0.140. The molecule has 0 saturated carbocycles. The maximum absolute atomic E-state index is 13.1. The van der Waals surface area contributed by atoms with Gasteiger partial charge in [-0.1, -0.05) is 43.7 Å². The van der Waals surface area contributed by atoms with Crippen LogP contribution in [0.25, 0.3) is 5.76 Å². The standard InChI is InChI=1S/C26H32N2O4/c1-5-27(6-2)16-7-17-28-23(19-10-8-18(3)9-11-19)22(25(30)26(28)31)24(29)20-12-14-21(32-4)15-13-20/h8-15,23,29H,5-7,16-17H2,1-4H3/b24-22-. The zero-order valence-electron chi connectivity index (χ0n) is 19.3. The maximum Gasteiger partial charge on any atom is 0.295 e. The lowest BCUT2D eigenvalue weighted by Gasteiger charge is -2.27. The number of nitrogens with zero attached hydrogens (tertiary/aromatic N) is 2. The third-order valence-corrected chi connectivity index (χ3v) is 6.06. The molecule has 0 radical (unpaired) electrons. The third kappa shape index (κ3) is 4.86. The molecule has 1 saturated heterocycles. The number of aryl methyl sites for hydroxylation is 1. The Bertz CT molecular complexity index is 976. The topological polar surface area (TPSA) is 70.1 Å². The van der Waals surface area contributed by atoms with E-state index in [1.807, 2.05) is 31.2 Å². The number of methoxy groups -OCH3 is 1. The highest BCUT2D eigenvalue weighted by atomic mass is 16.5. The van der Waals surface area contributed by atoms with Crippen LogP contribution in [0.5, 0.6) is 5.75 Å². The van der Waals surface area contributed by atoms with Crippen LogP contribution in [0.15, 0.2) is 54.1 Å². The highest BCUT2D eigenvalue weighted by molar-refractivity contribution is 6.46. The van der Waals surface area contributed by atoms with E-state index in [9.17, 15) is 14.7 Å². The van der Waals surface area contributed by atoms with E-state index < -0.39 is 17.7 Å². The fraction of sp³-hybridized carbons (Fsp3) is 0.385. The van der Waals surface area contributed by atoms with Gasteiger partial charge in [0, 0.05) is 12.1 Å². The molecule has 1 N–H and O–H groups in total. The van der Waals surface area contributed by atoms with Crippen molar-refractivity contribution < 1.29 is 19.4 Å². The van der Waals surface area contributed by atoms with Gasteiger partial charge in [-0.05, 0) is 62.8 Å². The van der Waals surface area contributed by atoms with E-state index in [1.165, 1.54) is 0 Å². The predicted octanol–water partition coefficient (Wildman–Crippen LogP) is 4.16. The molecule has 3 rings (SSSR count). The van der Waals surface area contributed by atoms with Gasteiger partial charge in [0.2, 0.25) is 0 Å². The van der Waals surface area contributed by atoms with Crippen molar-refractivity contribution >= 4 is 17.4 Å². The van der Waals surface area contributed by atoms with Crippen LogP contribution in [0.4, 0.5) is 0 Å². The van der Waals surface area contributed by atoms with E-state index in [2.05, 4.69) is 18.7 Å². The van der Waals surface area contributed by atoms with E-state index in [4.69, 9.17) is 4.74 Å². The van der Waals surface area contributed by atoms with Gasteiger partial charge in [-0.25, -0.2) is 0 Å². The first-order valence-corrected chi connectivity index (χ1v) is 11.1. The first-order chi connectivity index (χ1) is 15.4. The molecule has 1 atom stereocenters. The smallest absolute Gasteiger partial charge is 0.295 e. The summed E-state index contributed by atoms with van der Waals surface area (Å²) in [6.45, 7) is 9.37. The molecular formula is C26H32N2O4. The van der Waals surface area contributed by atoms with Crippen LogP contribution in [0.3, 0.4) is 0 Å². The SMILES string of the molecule is CCN(CC)CCCN1C(=O)C(=O)/C(=C(\O)c2ccc(OC)cc2)C1c1ccc(C)cc1. The molecule has 0 aliphatic carbocycles. The zero-order valence-corrected chi connectivity index (χ0v) is 19.3. The molecule has 6 nitrogen and oxygen atoms in total. The van der Waals surface area contributed by atoms with Gasteiger partial charge in [0.15, 0.2) is 0 Å². The molecule has 32 heavy (non-hydrogen) atoms. The predicted molar refractivity (Wildman–Crippen MR) is 126 cm³/mol. The molecule has 1 unspecified atom stereocenters. The number of likely N-dealkylation sites (tertiary alicyclic amines) is 1. The van der Waals surface area contributed by atoms with Crippen LogP contribution in [0, 0.1) is 6.92 Å². The number of hydrogen-bond donors (Lipinski definition) is 1. The molecular weight excluding hydrogens is 404 g/mol. The molecule has 0 aromatic heterocycles. The van der Waals surface area contributed by atoms with Crippen LogP contribution in [0.2, 0.25) is 0 Å². The number of amides is 1. The van der Waals surface area contributed by atoms with Crippen molar-refractivity contribution in [2.24, 2.45) is 0 Å². The molecule has 2 aromatic carbocycles. The Balaban J connectivity index is 2.01. The van der Waals surface area contributed by atoms with Gasteiger partial charge in [0.05, 0.1) is 18.7 Å². The molecule has 0 bridgehead atoms. The Morgan fingerprint density at radius 1 is 1.03 bits per heavy atom. The minimum Gasteiger partial charge on any atom is -0.507 e. The molecule has 1 fully saturated rings. The second kappa shape index (κ2) is 10.5. The molecule has 0 spiro atoms. The summed E-state index contributed by atoms with van der Waals surface area (Å²) in [4.78, 5) is 30.0. The largest absolute Gasteiger partial charge is 0.507 e. The first-order valence-electron chi connectivity index (χ1n) is 11.1. The Morgan fingerprint density at radius 3 is 2.22 bits per heavy atom. The lowest BCUT2D eigenvalue weighted by Crippen LogP contribution is -2.33. The highest BCUT2D eigenvalue weighted by Crippen LogP contribution is 2.39. The number of rotatable bonds is 9. The number of ether oxygens (including phenoxy) is 1. The van der Waals surface area contributed by atoms with Crippen LogP contribution in [0.1, 0.15) is 43.0 Å². The van der Waals surface area contributed by atoms with Crippen molar-refractivity contribution in [3.63, 3.8) is 0 Å². The summed E-state index contributed by atoms with van der Waals surface area (Å²) in [5.41, 5.74) is 2.51. The van der Waals surface area contributed by atoms with Gasteiger partial charge in [0.25, 0.3) is 11.7 Å². The average Bonchev–Trinajstić information content (AvgIpc) is 3.07. The summed E-state index contributed by atoms with van der Waals surface area (Å²) in [5, 5.41) is 11.1. The van der Waals surface area contributed by atoms with E-state index in [0.29, 0.717) is 17.9 Å². The summed E-state index contributed by atoms with van der Waals surface area (Å²) in [6.07, 6.45) is 0.750. The minimum absolute atomic E-state index is 0.131. The zero-order chi connectivity index (χ0) is 23.3. The number of benzene rings is 2. The quantitative estimate of drug-likeness (QED) is 0.363. The van der Waals surface area contributed by atoms with Crippen molar-refractivity contribution in [2.75, 3.05) is 33.3 Å². The van der Waals surface area contributed by atoms with Crippen molar-refractivity contribution in [2.45, 2.75) is 33.2 Å². The lowest BCUT2D eigenvalue weighted by atomic mass is 9.94. The van der Waals surface area contributed by atoms with Crippen molar-refractivity contribution in [3.8, 4) is 5.75 Å². The van der Waals surface area contributed by atoms with Crippen molar-refractivity contribution in [1.29, 1.82) is 0 Å². The summed E-state index contributed by atoms with van der Waals surface area (Å²) < 4.78 is 5.18. The number of hydrogen-bond acceptors (Lipinski definition) is 5. The number of ketones is 1. The van der Waals surface area contributed by atoms with Crippen LogP contribution >= 0.6 is 0 Å². The van der Waals surface area contributed by atoms with E-state index in [1.54, 1.807) is 36.3 Å². The fourth-order valence-electron chi connectivity index (χ4n) is 4.11. The molecule has 2 aromatic rings. The molecule has 1 aliphatic rings. The summed E-state index contributed by atoms with van der Waals surface area (Å²) in [6, 6.07) is 14.0. The van der Waals surface area contributed by atoms with Crippen molar-refractivity contribution in [1.82, 2.24) is 9.80 Å². The monoisotopic (exact) mass is 436 g/mol. The number of carbonyl (C=O) groups excluding carboxylic acids is 2. The van der Waals surface area contributed by atoms with Gasteiger partial charge in [-0.15, -0.1) is 0 Å². The summed E-state index contributed by atoms with van der Waals surface area (Å²) in [5.74, 6) is -0.728. The van der Waals surface area contributed by atoms with Crippen LogP contribution < -0.4 is 4.74 Å². The average molecular weight is 437 g/mol. The van der Waals surface area contributed by atoms with E-state index in [0.717, 1.165) is 37.2 Å². The molecule has 6 heteroatoms. The number of aliphatic hydroxyl groups is 1. The van der Waals surface area contributed by atoms with Crippen molar-refractivity contribution in [3.05, 3.63) is 70.8 Å². The minimum atomic E-state index is -0.647. The Hall–Kier alpha value is -3.12. The Morgan fingerprint density at radius 2 is 1.66 bits per heavy atom. The Kier molecular flexibility index (Phi) is 7.70. The van der Waals surface area contributed by atoms with Gasteiger partial charge in [-0.3, -0.25) is 9.59 Å². The molecule has 1 aliphatic heterocycles. The second-order valence-electron chi connectivity index (χ2n) is 8.01. The normalized spacial score (nSPS) is 17.9. The Labute approximate surface area is 190 Å². The van der Waals surface area contributed by atoms with E-state index >= 15 is 0 Å². The molecule has 170 valence electrons.